The van der Waals surface area contributed by atoms with Crippen molar-refractivity contribution in [2.75, 3.05) is 0 Å². The Balaban J connectivity index is 2.78. The van der Waals surface area contributed by atoms with E-state index in [-0.39, 0.29) is 29.1 Å². The second kappa shape index (κ2) is 8.45. The molecule has 0 aliphatic rings. The van der Waals surface area contributed by atoms with Crippen molar-refractivity contribution in [1.82, 2.24) is 0 Å². The van der Waals surface area contributed by atoms with E-state index < -0.39 is 5.97 Å². The predicted molar refractivity (Wildman–Crippen MR) is 110 cm³/mol. The molecule has 0 radical (unpaired) electrons. The molecule has 2 aromatic rings. The average Bonchev–Trinajstić information content (AvgIpc) is 2.57. The first-order valence-corrected chi connectivity index (χ1v) is 9.60. The number of carboxylic acid groups (broad SMARTS) is 1. The summed E-state index contributed by atoms with van der Waals surface area (Å²) in [6, 6.07) is 8.62. The summed E-state index contributed by atoms with van der Waals surface area (Å²) in [6.07, 6.45) is 0. The standard InChI is InChI=1S/C22H24Cl2O3/c1-11-6-7-16(22(26)27)9-18(11)21(14(4)13(3)15(5)25)20-12(2)8-17(23)10-19(20)24/h6-10,13-14,21H,1-5H3,(H,26,27). The molecule has 27 heavy (non-hydrogen) atoms. The van der Waals surface area contributed by atoms with E-state index in [1.54, 1.807) is 31.2 Å². The smallest absolute Gasteiger partial charge is 0.335 e. The second-order valence-corrected chi connectivity index (χ2v) is 8.07. The maximum Gasteiger partial charge on any atom is 0.335 e. The molecule has 0 aromatic heterocycles. The predicted octanol–water partition coefficient (Wildman–Crippen LogP) is 6.30. The molecule has 1 N–H and O–H groups in total. The van der Waals surface area contributed by atoms with Crippen LogP contribution in [0.2, 0.25) is 10.0 Å². The van der Waals surface area contributed by atoms with Crippen LogP contribution in [0.3, 0.4) is 0 Å². The Bertz CT molecular complexity index is 866. The highest BCUT2D eigenvalue weighted by Gasteiger charge is 2.32. The van der Waals surface area contributed by atoms with Crippen LogP contribution >= 0.6 is 23.2 Å². The Kier molecular flexibility index (Phi) is 6.72. The van der Waals surface area contributed by atoms with Gasteiger partial charge < -0.3 is 5.11 Å². The van der Waals surface area contributed by atoms with Gasteiger partial charge >= 0.3 is 5.97 Å². The molecule has 0 bridgehead atoms. The minimum absolute atomic E-state index is 0.0809. The van der Waals surface area contributed by atoms with Crippen LogP contribution in [0.5, 0.6) is 0 Å². The minimum Gasteiger partial charge on any atom is -0.478 e. The third-order valence-corrected chi connectivity index (χ3v) is 5.96. The molecule has 2 aromatic carbocycles. The molecule has 0 saturated carbocycles. The zero-order chi connectivity index (χ0) is 20.5. The van der Waals surface area contributed by atoms with Gasteiger partial charge in [0.2, 0.25) is 0 Å². The lowest BCUT2D eigenvalue weighted by Crippen LogP contribution is -2.25. The quantitative estimate of drug-likeness (QED) is 0.611. The van der Waals surface area contributed by atoms with E-state index in [0.717, 1.165) is 22.3 Å². The Labute approximate surface area is 170 Å². The normalized spacial score (nSPS) is 14.5. The molecular formula is C22H24Cl2O3. The van der Waals surface area contributed by atoms with E-state index in [0.29, 0.717) is 10.0 Å². The summed E-state index contributed by atoms with van der Waals surface area (Å²) < 4.78 is 0. The number of Topliss-reactive ketones (excluding diaryl/α,β-unsaturated/α-hetero) is 1. The first-order valence-electron chi connectivity index (χ1n) is 8.84. The van der Waals surface area contributed by atoms with Crippen LogP contribution < -0.4 is 0 Å². The fourth-order valence-electron chi connectivity index (χ4n) is 3.58. The van der Waals surface area contributed by atoms with Crippen LogP contribution in [0.25, 0.3) is 0 Å². The average molecular weight is 407 g/mol. The molecule has 0 aliphatic heterocycles. The van der Waals surface area contributed by atoms with Crippen molar-refractivity contribution >= 4 is 35.0 Å². The maximum absolute atomic E-state index is 12.1. The topological polar surface area (TPSA) is 54.4 Å². The van der Waals surface area contributed by atoms with Crippen LogP contribution in [0.4, 0.5) is 0 Å². The van der Waals surface area contributed by atoms with Crippen molar-refractivity contribution in [2.45, 2.75) is 40.5 Å². The number of aromatic carboxylic acids is 1. The monoisotopic (exact) mass is 406 g/mol. The highest BCUT2D eigenvalue weighted by atomic mass is 35.5. The molecule has 0 saturated heterocycles. The zero-order valence-electron chi connectivity index (χ0n) is 16.1. The third kappa shape index (κ3) is 4.53. The van der Waals surface area contributed by atoms with Gasteiger partial charge in [-0.25, -0.2) is 4.79 Å². The molecule has 2 rings (SSSR count). The largest absolute Gasteiger partial charge is 0.478 e. The van der Waals surface area contributed by atoms with E-state index in [1.807, 2.05) is 33.8 Å². The van der Waals surface area contributed by atoms with E-state index in [4.69, 9.17) is 23.2 Å². The number of halogens is 2. The number of hydrogen-bond donors (Lipinski definition) is 1. The molecule has 3 nitrogen and oxygen atoms in total. The Morgan fingerprint density at radius 2 is 1.63 bits per heavy atom. The summed E-state index contributed by atoms with van der Waals surface area (Å²) in [5.74, 6) is -1.42. The summed E-state index contributed by atoms with van der Waals surface area (Å²) in [5, 5.41) is 10.5. The summed E-state index contributed by atoms with van der Waals surface area (Å²) in [6.45, 7) is 9.36. The van der Waals surface area contributed by atoms with Crippen LogP contribution in [0, 0.1) is 25.7 Å². The molecule has 0 spiro atoms. The SMILES string of the molecule is CC(=O)C(C)C(C)C(c1cc(C(=O)O)ccc1C)c1c(C)cc(Cl)cc1Cl. The molecule has 0 aliphatic carbocycles. The number of benzene rings is 2. The summed E-state index contributed by atoms with van der Waals surface area (Å²) in [5.41, 5.74) is 3.83. The van der Waals surface area contributed by atoms with Crippen LogP contribution in [-0.2, 0) is 4.79 Å². The fraction of sp³-hybridized carbons (Fsp3) is 0.364. The third-order valence-electron chi connectivity index (χ3n) is 5.43. The highest BCUT2D eigenvalue weighted by Crippen LogP contribution is 2.43. The van der Waals surface area contributed by atoms with Gasteiger partial charge in [0.25, 0.3) is 0 Å². The molecule has 5 heteroatoms. The van der Waals surface area contributed by atoms with E-state index in [1.165, 1.54) is 0 Å². The Hall–Kier alpha value is -1.84. The number of carbonyl (C=O) groups excluding carboxylic acids is 1. The number of carbonyl (C=O) groups is 2. The van der Waals surface area contributed by atoms with Gasteiger partial charge in [-0.05, 0) is 73.2 Å². The fourth-order valence-corrected chi connectivity index (χ4v) is 4.29. The van der Waals surface area contributed by atoms with Gasteiger partial charge in [-0.15, -0.1) is 0 Å². The number of rotatable bonds is 6. The summed E-state index contributed by atoms with van der Waals surface area (Å²) >= 11 is 12.7. The zero-order valence-corrected chi connectivity index (χ0v) is 17.7. The molecule has 0 fully saturated rings. The molecule has 0 heterocycles. The van der Waals surface area contributed by atoms with Crippen molar-refractivity contribution < 1.29 is 14.7 Å². The van der Waals surface area contributed by atoms with E-state index in [2.05, 4.69) is 0 Å². The highest BCUT2D eigenvalue weighted by molar-refractivity contribution is 6.35. The van der Waals surface area contributed by atoms with Crippen molar-refractivity contribution in [3.63, 3.8) is 0 Å². The number of carboxylic acids is 1. The van der Waals surface area contributed by atoms with Crippen molar-refractivity contribution in [2.24, 2.45) is 11.8 Å². The number of ketones is 1. The van der Waals surface area contributed by atoms with Gasteiger partial charge in [0.15, 0.2) is 0 Å². The maximum atomic E-state index is 12.1. The van der Waals surface area contributed by atoms with E-state index >= 15 is 0 Å². The second-order valence-electron chi connectivity index (χ2n) is 7.23. The molecule has 3 unspecified atom stereocenters. The van der Waals surface area contributed by atoms with E-state index in [9.17, 15) is 14.7 Å². The van der Waals surface area contributed by atoms with Crippen molar-refractivity contribution in [1.29, 1.82) is 0 Å². The minimum atomic E-state index is -0.985. The van der Waals surface area contributed by atoms with Crippen molar-refractivity contribution in [3.05, 3.63) is 68.2 Å². The van der Waals surface area contributed by atoms with Gasteiger partial charge in [0.05, 0.1) is 5.56 Å². The Morgan fingerprint density at radius 1 is 1.00 bits per heavy atom. The summed E-state index contributed by atoms with van der Waals surface area (Å²) in [4.78, 5) is 23.6. The van der Waals surface area contributed by atoms with Crippen LogP contribution in [0.1, 0.15) is 59.3 Å². The lowest BCUT2D eigenvalue weighted by Gasteiger charge is -2.32. The summed E-state index contributed by atoms with van der Waals surface area (Å²) in [7, 11) is 0. The van der Waals surface area contributed by atoms with Crippen molar-refractivity contribution in [3.8, 4) is 0 Å². The van der Waals surface area contributed by atoms with Crippen LogP contribution in [0.15, 0.2) is 30.3 Å². The molecular weight excluding hydrogens is 383 g/mol. The van der Waals surface area contributed by atoms with Gasteiger partial charge in [-0.1, -0.05) is 43.1 Å². The van der Waals surface area contributed by atoms with Crippen LogP contribution in [-0.4, -0.2) is 16.9 Å². The molecule has 0 amide bonds. The van der Waals surface area contributed by atoms with Gasteiger partial charge in [-0.2, -0.15) is 0 Å². The van der Waals surface area contributed by atoms with Gasteiger partial charge in [0, 0.05) is 21.9 Å². The lowest BCUT2D eigenvalue weighted by atomic mass is 9.72. The number of hydrogen-bond acceptors (Lipinski definition) is 2. The Morgan fingerprint density at radius 3 is 2.15 bits per heavy atom. The molecule has 3 atom stereocenters. The van der Waals surface area contributed by atoms with Gasteiger partial charge in [0.1, 0.15) is 5.78 Å². The molecule has 144 valence electrons. The number of aryl methyl sites for hydroxylation is 2. The first kappa shape index (κ1) is 21.5. The lowest BCUT2D eigenvalue weighted by molar-refractivity contribution is -0.121. The van der Waals surface area contributed by atoms with Gasteiger partial charge in [-0.3, -0.25) is 4.79 Å². The first-order chi connectivity index (χ1) is 12.5.